The number of anilines is 1. The van der Waals surface area contributed by atoms with E-state index in [0.717, 1.165) is 30.5 Å². The van der Waals surface area contributed by atoms with E-state index in [4.69, 9.17) is 9.47 Å². The lowest BCUT2D eigenvalue weighted by molar-refractivity contribution is -0.116. The molecule has 3 rings (SSSR count). The number of aromatic nitrogens is 1. The zero-order chi connectivity index (χ0) is 20.1. The standard InChI is InChI=1S/C21H29N3O4/c1-4-28-21(26)20-19(16-12-15(27-3)7-8-17(16)22-20)23-18(25)9-11-24-10-5-6-14(2)13-24/h7-8,12,14,22H,4-6,9-11,13H2,1-3H3,(H,23,25)/t14-/m1/s1. The molecule has 7 heteroatoms. The van der Waals surface area contributed by atoms with E-state index in [9.17, 15) is 9.59 Å². The average molecular weight is 387 g/mol. The Morgan fingerprint density at radius 1 is 1.36 bits per heavy atom. The number of H-pyrrole nitrogens is 1. The van der Waals surface area contributed by atoms with Gasteiger partial charge in [-0.3, -0.25) is 4.79 Å². The number of amides is 1. The van der Waals surface area contributed by atoms with Gasteiger partial charge in [-0.1, -0.05) is 6.92 Å². The number of likely N-dealkylation sites (tertiary alicyclic amines) is 1. The molecule has 0 bridgehead atoms. The second-order valence-corrected chi connectivity index (χ2v) is 7.35. The third-order valence-electron chi connectivity index (χ3n) is 5.15. The van der Waals surface area contributed by atoms with E-state index >= 15 is 0 Å². The van der Waals surface area contributed by atoms with E-state index in [1.54, 1.807) is 26.2 Å². The van der Waals surface area contributed by atoms with Crippen molar-refractivity contribution in [2.45, 2.75) is 33.1 Å². The fourth-order valence-corrected chi connectivity index (χ4v) is 3.74. The molecule has 1 aliphatic heterocycles. The van der Waals surface area contributed by atoms with Crippen LogP contribution in [0, 0.1) is 5.92 Å². The number of methoxy groups -OCH3 is 1. The van der Waals surface area contributed by atoms with Crippen molar-refractivity contribution in [1.82, 2.24) is 9.88 Å². The Hall–Kier alpha value is -2.54. The summed E-state index contributed by atoms with van der Waals surface area (Å²) in [6.07, 6.45) is 2.81. The maximum atomic E-state index is 12.6. The normalized spacial score (nSPS) is 17.5. The number of esters is 1. The molecule has 2 aromatic rings. The number of piperidine rings is 1. The van der Waals surface area contributed by atoms with Gasteiger partial charge in [0.15, 0.2) is 0 Å². The SMILES string of the molecule is CCOC(=O)c1[nH]c2ccc(OC)cc2c1NC(=O)CCN1CCC[C@@H](C)C1. The van der Waals surface area contributed by atoms with Crippen LogP contribution in [0.1, 0.15) is 43.6 Å². The maximum Gasteiger partial charge on any atom is 0.356 e. The van der Waals surface area contributed by atoms with Crippen LogP contribution in [-0.2, 0) is 9.53 Å². The molecule has 2 N–H and O–H groups in total. The molecule has 0 saturated carbocycles. The van der Waals surface area contributed by atoms with E-state index in [2.05, 4.69) is 22.1 Å². The molecule has 0 spiro atoms. The molecule has 1 aromatic carbocycles. The van der Waals surface area contributed by atoms with E-state index in [-0.39, 0.29) is 18.2 Å². The van der Waals surface area contributed by atoms with Gasteiger partial charge in [-0.25, -0.2) is 4.79 Å². The van der Waals surface area contributed by atoms with Crippen LogP contribution in [0.3, 0.4) is 0 Å². The first-order valence-electron chi connectivity index (χ1n) is 9.90. The lowest BCUT2D eigenvalue weighted by Gasteiger charge is -2.30. The Kier molecular flexibility index (Phi) is 6.57. The number of carbonyl (C=O) groups excluding carboxylic acids is 2. The highest BCUT2D eigenvalue weighted by Crippen LogP contribution is 2.31. The number of aromatic amines is 1. The van der Waals surface area contributed by atoms with Crippen LogP contribution in [0.5, 0.6) is 5.75 Å². The van der Waals surface area contributed by atoms with Crippen LogP contribution < -0.4 is 10.1 Å². The third kappa shape index (κ3) is 4.65. The summed E-state index contributed by atoms with van der Waals surface area (Å²) in [5.41, 5.74) is 1.44. The summed E-state index contributed by atoms with van der Waals surface area (Å²) in [7, 11) is 1.58. The summed E-state index contributed by atoms with van der Waals surface area (Å²) < 4.78 is 10.4. The number of ether oxygens (including phenoxy) is 2. The van der Waals surface area contributed by atoms with Crippen molar-refractivity contribution in [3.05, 3.63) is 23.9 Å². The van der Waals surface area contributed by atoms with Crippen LogP contribution in [-0.4, -0.2) is 55.1 Å². The molecule has 0 unspecified atom stereocenters. The number of rotatable bonds is 7. The summed E-state index contributed by atoms with van der Waals surface area (Å²) in [6, 6.07) is 5.43. The summed E-state index contributed by atoms with van der Waals surface area (Å²) in [4.78, 5) is 30.4. The molecule has 152 valence electrons. The average Bonchev–Trinajstić information content (AvgIpc) is 3.04. The number of hydrogen-bond acceptors (Lipinski definition) is 5. The predicted molar refractivity (Wildman–Crippen MR) is 109 cm³/mol. The first-order valence-corrected chi connectivity index (χ1v) is 9.90. The highest BCUT2D eigenvalue weighted by molar-refractivity contribution is 6.11. The Balaban J connectivity index is 1.78. The van der Waals surface area contributed by atoms with Crippen molar-refractivity contribution in [3.8, 4) is 5.75 Å². The summed E-state index contributed by atoms with van der Waals surface area (Å²) >= 11 is 0. The number of carbonyl (C=O) groups is 2. The van der Waals surface area contributed by atoms with Gasteiger partial charge in [-0.05, 0) is 50.4 Å². The van der Waals surface area contributed by atoms with E-state index in [1.807, 2.05) is 6.07 Å². The fourth-order valence-electron chi connectivity index (χ4n) is 3.74. The van der Waals surface area contributed by atoms with Gasteiger partial charge >= 0.3 is 5.97 Å². The topological polar surface area (TPSA) is 83.7 Å². The predicted octanol–water partition coefficient (Wildman–Crippen LogP) is 3.41. The van der Waals surface area contributed by atoms with Crippen LogP contribution in [0.25, 0.3) is 10.9 Å². The first kappa shape index (κ1) is 20.2. The van der Waals surface area contributed by atoms with Crippen molar-refractivity contribution in [2.24, 2.45) is 5.92 Å². The van der Waals surface area contributed by atoms with Gasteiger partial charge in [0, 0.05) is 30.4 Å². The lowest BCUT2D eigenvalue weighted by Crippen LogP contribution is -2.36. The van der Waals surface area contributed by atoms with Crippen LogP contribution in [0.2, 0.25) is 0 Å². The van der Waals surface area contributed by atoms with E-state index in [0.29, 0.717) is 23.8 Å². The molecule has 1 aromatic heterocycles. The van der Waals surface area contributed by atoms with Crippen LogP contribution in [0.15, 0.2) is 18.2 Å². The largest absolute Gasteiger partial charge is 0.497 e. The summed E-state index contributed by atoms with van der Waals surface area (Å²) in [5.74, 6) is 0.721. The van der Waals surface area contributed by atoms with E-state index < -0.39 is 5.97 Å². The number of benzene rings is 1. The third-order valence-corrected chi connectivity index (χ3v) is 5.15. The Morgan fingerprint density at radius 2 is 2.18 bits per heavy atom. The highest BCUT2D eigenvalue weighted by atomic mass is 16.5. The Bertz CT molecular complexity index is 846. The molecule has 1 atom stereocenters. The second-order valence-electron chi connectivity index (χ2n) is 7.35. The second kappa shape index (κ2) is 9.10. The monoisotopic (exact) mass is 387 g/mol. The molecule has 1 fully saturated rings. The number of nitrogens with zero attached hydrogens (tertiary/aromatic N) is 1. The summed E-state index contributed by atoms with van der Waals surface area (Å²) in [5, 5.41) is 3.65. The molecule has 7 nitrogen and oxygen atoms in total. The Morgan fingerprint density at radius 3 is 2.89 bits per heavy atom. The molecule has 1 saturated heterocycles. The van der Waals surface area contributed by atoms with Crippen molar-refractivity contribution >= 4 is 28.5 Å². The summed E-state index contributed by atoms with van der Waals surface area (Å²) in [6.45, 7) is 7.05. The maximum absolute atomic E-state index is 12.6. The minimum absolute atomic E-state index is 0.118. The molecule has 1 amide bonds. The molecule has 0 radical (unpaired) electrons. The van der Waals surface area contributed by atoms with Crippen molar-refractivity contribution in [3.63, 3.8) is 0 Å². The van der Waals surface area contributed by atoms with Gasteiger partial charge in [-0.15, -0.1) is 0 Å². The number of hydrogen-bond donors (Lipinski definition) is 2. The lowest BCUT2D eigenvalue weighted by atomic mass is 10.0. The van der Waals surface area contributed by atoms with Crippen molar-refractivity contribution < 1.29 is 19.1 Å². The van der Waals surface area contributed by atoms with Gasteiger partial charge in [-0.2, -0.15) is 0 Å². The highest BCUT2D eigenvalue weighted by Gasteiger charge is 2.22. The molecular weight excluding hydrogens is 358 g/mol. The van der Waals surface area contributed by atoms with Gasteiger partial charge < -0.3 is 24.7 Å². The molecule has 1 aliphatic rings. The smallest absolute Gasteiger partial charge is 0.356 e. The number of fused-ring (bicyclic) bond motifs is 1. The molecule has 28 heavy (non-hydrogen) atoms. The minimum Gasteiger partial charge on any atom is -0.497 e. The quantitative estimate of drug-likeness (QED) is 0.712. The molecule has 2 heterocycles. The molecular formula is C21H29N3O4. The molecule has 0 aliphatic carbocycles. The number of nitrogens with one attached hydrogen (secondary N) is 2. The minimum atomic E-state index is -0.488. The van der Waals surface area contributed by atoms with Gasteiger partial charge in [0.05, 0.1) is 19.4 Å². The Labute approximate surface area is 165 Å². The van der Waals surface area contributed by atoms with Gasteiger partial charge in [0.1, 0.15) is 11.4 Å². The van der Waals surface area contributed by atoms with Gasteiger partial charge in [0.25, 0.3) is 0 Å². The zero-order valence-electron chi connectivity index (χ0n) is 16.8. The van der Waals surface area contributed by atoms with Crippen molar-refractivity contribution in [1.29, 1.82) is 0 Å². The van der Waals surface area contributed by atoms with E-state index in [1.165, 1.54) is 12.8 Å². The van der Waals surface area contributed by atoms with Crippen LogP contribution >= 0.6 is 0 Å². The van der Waals surface area contributed by atoms with Gasteiger partial charge in [0.2, 0.25) is 5.91 Å². The fraction of sp³-hybridized carbons (Fsp3) is 0.524. The zero-order valence-corrected chi connectivity index (χ0v) is 16.8. The van der Waals surface area contributed by atoms with Crippen LogP contribution in [0.4, 0.5) is 5.69 Å². The first-order chi connectivity index (χ1) is 13.5. The van der Waals surface area contributed by atoms with Crippen molar-refractivity contribution in [2.75, 3.05) is 38.7 Å².